The van der Waals surface area contributed by atoms with Crippen molar-refractivity contribution in [1.82, 2.24) is 0 Å². The maximum absolute atomic E-state index is 10.7. The first-order chi connectivity index (χ1) is 12.6. The maximum atomic E-state index is 10.7. The van der Waals surface area contributed by atoms with Crippen molar-refractivity contribution in [3.8, 4) is 0 Å². The summed E-state index contributed by atoms with van der Waals surface area (Å²) in [5, 5.41) is 24.7. The number of rotatable bonds is 2. The van der Waals surface area contributed by atoms with E-state index in [2.05, 4.69) is 0 Å². The van der Waals surface area contributed by atoms with E-state index in [0.29, 0.717) is 0 Å². The molecule has 4 nitrogen and oxygen atoms in total. The van der Waals surface area contributed by atoms with Crippen LogP contribution in [0.15, 0.2) is 84.9 Å². The first-order valence-corrected chi connectivity index (χ1v) is 7.96. The summed E-state index contributed by atoms with van der Waals surface area (Å²) in [6, 6.07) is 25.0. The topological polar surface area (TPSA) is 80.3 Å². The van der Waals surface area contributed by atoms with Gasteiger partial charge in [-0.2, -0.15) is 0 Å². The van der Waals surface area contributed by atoms with Crippen LogP contribution in [0.3, 0.4) is 0 Å². The first kappa shape index (κ1) is 21.1. The summed E-state index contributed by atoms with van der Waals surface area (Å²) in [5.41, 5.74) is 0.496. The van der Waals surface area contributed by atoms with Crippen molar-refractivity contribution in [2.75, 3.05) is 0 Å². The number of carbonyl (C=O) groups is 2. The molecule has 0 fully saturated rings. The summed E-state index contributed by atoms with van der Waals surface area (Å²) < 4.78 is 0. The Balaban J connectivity index is 0.000000187. The second-order valence-corrected chi connectivity index (χ2v) is 5.63. The normalized spacial score (nSPS) is 9.78. The number of carbonyl (C=O) groups excluding carboxylic acids is 2. The van der Waals surface area contributed by atoms with Gasteiger partial charge in [-0.05, 0) is 21.5 Å². The molecule has 0 aliphatic rings. The molecule has 0 aromatic heterocycles. The Kier molecular flexibility index (Phi) is 7.56. The van der Waals surface area contributed by atoms with Crippen LogP contribution in [0.2, 0.25) is 0 Å². The summed E-state index contributed by atoms with van der Waals surface area (Å²) in [5.74, 6) is -2.26. The molecule has 0 heterocycles. The van der Waals surface area contributed by atoms with Gasteiger partial charge < -0.3 is 19.8 Å². The van der Waals surface area contributed by atoms with Gasteiger partial charge in [-0.15, -0.1) is 0 Å². The van der Waals surface area contributed by atoms with Gasteiger partial charge in [-0.1, -0.05) is 84.9 Å². The molecule has 0 saturated heterocycles. The Hall–Kier alpha value is -2.18. The molecule has 5 heteroatoms. The monoisotopic (exact) mass is 430 g/mol. The number of carboxylic acid groups (broad SMARTS) is 2. The molecule has 0 spiro atoms. The van der Waals surface area contributed by atoms with E-state index in [1.807, 2.05) is 48.5 Å². The second-order valence-electron chi connectivity index (χ2n) is 5.63. The van der Waals surface area contributed by atoms with E-state index in [9.17, 15) is 19.8 Å². The van der Waals surface area contributed by atoms with Gasteiger partial charge in [0.05, 0.1) is 11.9 Å². The van der Waals surface area contributed by atoms with Crippen molar-refractivity contribution in [2.45, 2.75) is 0 Å². The summed E-state index contributed by atoms with van der Waals surface area (Å²) in [6.45, 7) is 0. The van der Waals surface area contributed by atoms with E-state index in [1.54, 1.807) is 36.4 Å². The minimum Gasteiger partial charge on any atom is -0.545 e. The van der Waals surface area contributed by atoms with Crippen LogP contribution in [0.4, 0.5) is 0 Å². The molecular weight excluding hydrogens is 416 g/mol. The predicted molar refractivity (Wildman–Crippen MR) is 102 cm³/mol. The molecule has 128 valence electrons. The third-order valence-corrected chi connectivity index (χ3v) is 4.02. The number of hydrogen-bond donors (Lipinski definition) is 0. The third-order valence-electron chi connectivity index (χ3n) is 4.02. The molecule has 4 rings (SSSR count). The fourth-order valence-corrected chi connectivity index (χ4v) is 2.81. The zero-order chi connectivity index (χ0) is 18.5. The van der Waals surface area contributed by atoms with Crippen LogP contribution >= 0.6 is 0 Å². The van der Waals surface area contributed by atoms with E-state index >= 15 is 0 Å². The average molecular weight is 430 g/mol. The van der Waals surface area contributed by atoms with Gasteiger partial charge in [0.1, 0.15) is 0 Å². The van der Waals surface area contributed by atoms with Crippen molar-refractivity contribution in [3.05, 3.63) is 96.1 Å². The third kappa shape index (κ3) is 4.96. The van der Waals surface area contributed by atoms with E-state index in [4.69, 9.17) is 0 Å². The van der Waals surface area contributed by atoms with Gasteiger partial charge in [0, 0.05) is 11.1 Å². The standard InChI is InChI=1S/2C11H8O2.Sr/c2*12-11(13)10-7-3-5-8-4-1-2-6-9(8)10;/h2*1-7H,(H,12,13);/q;;+2/p-2. The fourth-order valence-electron chi connectivity index (χ4n) is 2.81. The van der Waals surface area contributed by atoms with Crippen LogP contribution in [0.5, 0.6) is 0 Å². The predicted octanol–water partition coefficient (Wildman–Crippen LogP) is 2.03. The van der Waals surface area contributed by atoms with Crippen molar-refractivity contribution >= 4 is 79.0 Å². The molecular formula is C22H14O4Sr. The molecule has 0 aliphatic heterocycles. The molecule has 4 aromatic carbocycles. The van der Waals surface area contributed by atoms with Gasteiger partial charge in [0.2, 0.25) is 0 Å². The Morgan fingerprint density at radius 3 is 1.22 bits per heavy atom. The van der Waals surface area contributed by atoms with Crippen molar-refractivity contribution in [2.24, 2.45) is 0 Å². The minimum absolute atomic E-state index is 0. The molecule has 0 radical (unpaired) electrons. The number of hydrogen-bond acceptors (Lipinski definition) is 4. The second kappa shape index (κ2) is 9.67. The van der Waals surface area contributed by atoms with E-state index in [-0.39, 0.29) is 56.6 Å². The van der Waals surface area contributed by atoms with Gasteiger partial charge in [-0.25, -0.2) is 0 Å². The zero-order valence-corrected chi connectivity index (χ0v) is 17.9. The maximum Gasteiger partial charge on any atom is 2.00 e. The van der Waals surface area contributed by atoms with Crippen LogP contribution in [0.25, 0.3) is 21.5 Å². The van der Waals surface area contributed by atoms with E-state index in [1.165, 1.54) is 0 Å². The Bertz CT molecular complexity index is 1010. The van der Waals surface area contributed by atoms with Crippen LogP contribution in [-0.4, -0.2) is 57.4 Å². The van der Waals surface area contributed by atoms with Crippen LogP contribution in [0.1, 0.15) is 20.7 Å². The summed E-state index contributed by atoms with van der Waals surface area (Å²) >= 11 is 0. The molecule has 0 unspecified atom stereocenters. The molecule has 0 aliphatic carbocycles. The molecule has 0 amide bonds. The molecule has 0 atom stereocenters. The SMILES string of the molecule is O=C([O-])c1cccc2ccccc12.O=C([O-])c1cccc2ccccc12.[Sr+2]. The molecule has 0 N–H and O–H groups in total. The average Bonchev–Trinajstić information content (AvgIpc) is 2.67. The molecule has 0 bridgehead atoms. The molecule has 4 aromatic rings. The van der Waals surface area contributed by atoms with Crippen molar-refractivity contribution in [1.29, 1.82) is 0 Å². The minimum atomic E-state index is -1.13. The van der Waals surface area contributed by atoms with Gasteiger partial charge in [0.15, 0.2) is 0 Å². The van der Waals surface area contributed by atoms with Gasteiger partial charge in [-0.3, -0.25) is 0 Å². The number of benzene rings is 4. The first-order valence-electron chi connectivity index (χ1n) is 7.96. The molecule has 27 heavy (non-hydrogen) atoms. The van der Waals surface area contributed by atoms with Crippen molar-refractivity contribution < 1.29 is 19.8 Å². The summed E-state index contributed by atoms with van der Waals surface area (Å²) in [7, 11) is 0. The van der Waals surface area contributed by atoms with E-state index in [0.717, 1.165) is 21.5 Å². The van der Waals surface area contributed by atoms with Crippen molar-refractivity contribution in [3.63, 3.8) is 0 Å². The fraction of sp³-hybridized carbons (Fsp3) is 0. The zero-order valence-electron chi connectivity index (χ0n) is 14.4. The Labute approximate surface area is 193 Å². The quantitative estimate of drug-likeness (QED) is 0.456. The number of carboxylic acids is 2. The van der Waals surface area contributed by atoms with Crippen LogP contribution in [0, 0.1) is 0 Å². The van der Waals surface area contributed by atoms with Gasteiger partial charge >= 0.3 is 45.5 Å². The Morgan fingerprint density at radius 1 is 0.519 bits per heavy atom. The van der Waals surface area contributed by atoms with Crippen LogP contribution < -0.4 is 10.2 Å². The largest absolute Gasteiger partial charge is 2.00 e. The summed E-state index contributed by atoms with van der Waals surface area (Å²) in [4.78, 5) is 21.4. The Morgan fingerprint density at radius 2 is 0.852 bits per heavy atom. The number of fused-ring (bicyclic) bond motifs is 2. The number of aromatic carboxylic acids is 2. The van der Waals surface area contributed by atoms with Gasteiger partial charge in [0.25, 0.3) is 0 Å². The smallest absolute Gasteiger partial charge is 0.545 e. The van der Waals surface area contributed by atoms with Crippen LogP contribution in [-0.2, 0) is 0 Å². The summed E-state index contributed by atoms with van der Waals surface area (Å²) in [6.07, 6.45) is 0. The molecule has 0 saturated carbocycles. The van der Waals surface area contributed by atoms with E-state index < -0.39 is 11.9 Å².